The molecule has 0 amide bonds. The average molecular weight is 109 g/mol. The minimum Gasteiger partial charge on any atom is -0.328 e. The SMILES string of the molecule is [B]C(C=C)CC(C)N. The van der Waals surface area contributed by atoms with Gasteiger partial charge in [0.15, 0.2) is 0 Å². The molecule has 0 aliphatic rings. The van der Waals surface area contributed by atoms with Crippen molar-refractivity contribution in [1.29, 1.82) is 0 Å². The maximum Gasteiger partial charge on any atom is 0.0755 e. The molecule has 0 aromatic carbocycles. The molecule has 0 spiro atoms. The highest BCUT2D eigenvalue weighted by atomic mass is 14.6. The zero-order valence-electron chi connectivity index (χ0n) is 5.30. The Morgan fingerprint density at radius 3 is 2.50 bits per heavy atom. The van der Waals surface area contributed by atoms with E-state index >= 15 is 0 Å². The van der Waals surface area contributed by atoms with Crippen molar-refractivity contribution in [2.45, 2.75) is 25.2 Å². The van der Waals surface area contributed by atoms with Gasteiger partial charge in [-0.1, -0.05) is 11.9 Å². The Balaban J connectivity index is 3.23. The summed E-state index contributed by atoms with van der Waals surface area (Å²) in [6.45, 7) is 5.47. The maximum atomic E-state index is 5.48. The Labute approximate surface area is 52.4 Å². The first-order valence-electron chi connectivity index (χ1n) is 2.80. The highest BCUT2D eigenvalue weighted by Gasteiger charge is 1.97. The van der Waals surface area contributed by atoms with E-state index in [9.17, 15) is 0 Å². The van der Waals surface area contributed by atoms with Gasteiger partial charge < -0.3 is 5.73 Å². The molecular weight excluding hydrogens is 96.9 g/mol. The molecule has 2 N–H and O–H groups in total. The number of nitrogens with two attached hydrogens (primary N) is 1. The summed E-state index contributed by atoms with van der Waals surface area (Å²) in [6.07, 6.45) is 2.53. The Hall–Kier alpha value is -0.235. The zero-order valence-corrected chi connectivity index (χ0v) is 5.30. The first-order chi connectivity index (χ1) is 3.66. The lowest BCUT2D eigenvalue weighted by atomic mass is 9.83. The van der Waals surface area contributed by atoms with Gasteiger partial charge in [-0.15, -0.1) is 6.58 Å². The normalized spacial score (nSPS) is 17.2. The lowest BCUT2D eigenvalue weighted by Crippen LogP contribution is -2.16. The average Bonchev–Trinajstić information content (AvgIpc) is 1.65. The highest BCUT2D eigenvalue weighted by molar-refractivity contribution is 6.12. The molecule has 0 fully saturated rings. The molecule has 0 aliphatic heterocycles. The standard InChI is InChI=1S/C6H12BN/c1-3-6(7)4-5(2)8/h3,5-6H,1,4,8H2,2H3. The Kier molecular flexibility index (Phi) is 3.62. The lowest BCUT2D eigenvalue weighted by molar-refractivity contribution is 0.676. The Morgan fingerprint density at radius 2 is 2.38 bits per heavy atom. The molecule has 2 radical (unpaired) electrons. The van der Waals surface area contributed by atoms with E-state index in [0.717, 1.165) is 6.42 Å². The molecule has 0 bridgehead atoms. The summed E-state index contributed by atoms with van der Waals surface area (Å²) >= 11 is 0. The monoisotopic (exact) mass is 109 g/mol. The van der Waals surface area contributed by atoms with Gasteiger partial charge in [0.25, 0.3) is 0 Å². The van der Waals surface area contributed by atoms with E-state index in [1.807, 2.05) is 6.92 Å². The summed E-state index contributed by atoms with van der Waals surface area (Å²) in [4.78, 5) is 0. The predicted molar refractivity (Wildman–Crippen MR) is 38.0 cm³/mol. The van der Waals surface area contributed by atoms with Gasteiger partial charge >= 0.3 is 0 Å². The van der Waals surface area contributed by atoms with Gasteiger partial charge in [-0.25, -0.2) is 0 Å². The van der Waals surface area contributed by atoms with Crippen LogP contribution in [0.5, 0.6) is 0 Å². The van der Waals surface area contributed by atoms with Crippen molar-refractivity contribution in [3.8, 4) is 0 Å². The van der Waals surface area contributed by atoms with Crippen LogP contribution in [0.2, 0.25) is 5.82 Å². The summed E-state index contributed by atoms with van der Waals surface area (Å²) in [7, 11) is 5.48. The lowest BCUT2D eigenvalue weighted by Gasteiger charge is -2.07. The van der Waals surface area contributed by atoms with Gasteiger partial charge in [0.1, 0.15) is 0 Å². The summed E-state index contributed by atoms with van der Waals surface area (Å²) < 4.78 is 0. The minimum absolute atomic E-state index is 0.0648. The van der Waals surface area contributed by atoms with E-state index in [0.29, 0.717) is 0 Å². The van der Waals surface area contributed by atoms with Crippen LogP contribution in [0.3, 0.4) is 0 Å². The zero-order chi connectivity index (χ0) is 6.57. The third kappa shape index (κ3) is 3.94. The first kappa shape index (κ1) is 7.76. The molecule has 0 saturated heterocycles. The van der Waals surface area contributed by atoms with Crippen LogP contribution in [0.25, 0.3) is 0 Å². The summed E-state index contributed by atoms with van der Waals surface area (Å²) in [6, 6.07) is 0.183. The second-order valence-electron chi connectivity index (χ2n) is 2.11. The molecule has 8 heavy (non-hydrogen) atoms. The van der Waals surface area contributed by atoms with Crippen LogP contribution >= 0.6 is 0 Å². The topological polar surface area (TPSA) is 26.0 Å². The van der Waals surface area contributed by atoms with Crippen LogP contribution in [-0.4, -0.2) is 13.9 Å². The maximum absolute atomic E-state index is 5.48. The molecule has 0 aromatic rings. The van der Waals surface area contributed by atoms with Crippen molar-refractivity contribution in [2.24, 2.45) is 5.73 Å². The molecule has 2 heteroatoms. The van der Waals surface area contributed by atoms with Gasteiger partial charge in [0.05, 0.1) is 7.85 Å². The number of rotatable bonds is 3. The van der Waals surface area contributed by atoms with Crippen LogP contribution in [0, 0.1) is 0 Å². The molecule has 2 unspecified atom stereocenters. The fourth-order valence-electron chi connectivity index (χ4n) is 0.526. The van der Waals surface area contributed by atoms with Crippen molar-refractivity contribution >= 4 is 7.85 Å². The van der Waals surface area contributed by atoms with E-state index in [2.05, 4.69) is 6.58 Å². The number of allylic oxidation sites excluding steroid dienone is 1. The van der Waals surface area contributed by atoms with Gasteiger partial charge in [-0.05, 0) is 13.3 Å². The van der Waals surface area contributed by atoms with Gasteiger partial charge in [0.2, 0.25) is 0 Å². The van der Waals surface area contributed by atoms with Crippen molar-refractivity contribution in [1.82, 2.24) is 0 Å². The molecule has 1 nitrogen and oxygen atoms in total. The summed E-state index contributed by atoms with van der Waals surface area (Å²) in [5.41, 5.74) is 5.44. The molecule has 0 aromatic heterocycles. The summed E-state index contributed by atoms with van der Waals surface area (Å²) in [5.74, 6) is 0.0648. The van der Waals surface area contributed by atoms with E-state index in [1.54, 1.807) is 6.08 Å². The second kappa shape index (κ2) is 3.73. The predicted octanol–water partition coefficient (Wildman–Crippen LogP) is 0.867. The van der Waals surface area contributed by atoms with Gasteiger partial charge in [-0.2, -0.15) is 0 Å². The quantitative estimate of drug-likeness (QED) is 0.422. The van der Waals surface area contributed by atoms with E-state index < -0.39 is 0 Å². The van der Waals surface area contributed by atoms with Crippen molar-refractivity contribution < 1.29 is 0 Å². The van der Waals surface area contributed by atoms with E-state index in [4.69, 9.17) is 13.6 Å². The molecular formula is C6H12BN. The highest BCUT2D eigenvalue weighted by Crippen LogP contribution is 2.06. The first-order valence-corrected chi connectivity index (χ1v) is 2.80. The van der Waals surface area contributed by atoms with Crippen LogP contribution in [0.4, 0.5) is 0 Å². The molecule has 0 saturated carbocycles. The third-order valence-electron chi connectivity index (χ3n) is 0.947. The fraction of sp³-hybridized carbons (Fsp3) is 0.667. The van der Waals surface area contributed by atoms with Gasteiger partial charge in [-0.3, -0.25) is 0 Å². The Bertz CT molecular complexity index is 70.9. The van der Waals surface area contributed by atoms with Crippen molar-refractivity contribution in [2.75, 3.05) is 0 Å². The molecule has 0 rings (SSSR count). The van der Waals surface area contributed by atoms with Crippen LogP contribution in [-0.2, 0) is 0 Å². The van der Waals surface area contributed by atoms with E-state index in [1.165, 1.54) is 0 Å². The van der Waals surface area contributed by atoms with Crippen LogP contribution in [0.1, 0.15) is 13.3 Å². The molecule has 44 valence electrons. The van der Waals surface area contributed by atoms with Crippen LogP contribution in [0.15, 0.2) is 12.7 Å². The smallest absolute Gasteiger partial charge is 0.0755 e. The van der Waals surface area contributed by atoms with Crippen molar-refractivity contribution in [3.05, 3.63) is 12.7 Å². The molecule has 2 atom stereocenters. The fourth-order valence-corrected chi connectivity index (χ4v) is 0.526. The number of hydrogen-bond acceptors (Lipinski definition) is 1. The van der Waals surface area contributed by atoms with E-state index in [-0.39, 0.29) is 11.9 Å². The third-order valence-corrected chi connectivity index (χ3v) is 0.947. The second-order valence-corrected chi connectivity index (χ2v) is 2.11. The van der Waals surface area contributed by atoms with Gasteiger partial charge in [0, 0.05) is 6.04 Å². The minimum atomic E-state index is 0.0648. The largest absolute Gasteiger partial charge is 0.328 e. The van der Waals surface area contributed by atoms with Crippen molar-refractivity contribution in [3.63, 3.8) is 0 Å². The number of hydrogen-bond donors (Lipinski definition) is 1. The van der Waals surface area contributed by atoms with Crippen LogP contribution < -0.4 is 5.73 Å². The Morgan fingerprint density at radius 1 is 1.88 bits per heavy atom. The molecule has 0 aliphatic carbocycles. The molecule has 0 heterocycles. The summed E-state index contributed by atoms with van der Waals surface area (Å²) in [5, 5.41) is 0.